The molecule has 2 saturated carbocycles. The predicted molar refractivity (Wildman–Crippen MR) is 110 cm³/mol. The van der Waals surface area contributed by atoms with Crippen molar-refractivity contribution in [2.75, 3.05) is 19.9 Å². The van der Waals surface area contributed by atoms with Gasteiger partial charge in [0.15, 0.2) is 17.2 Å². The van der Waals surface area contributed by atoms with Crippen molar-refractivity contribution in [2.24, 2.45) is 22.7 Å². The summed E-state index contributed by atoms with van der Waals surface area (Å²) in [4.78, 5) is 38.1. The van der Waals surface area contributed by atoms with Gasteiger partial charge in [0, 0.05) is 29.6 Å². The van der Waals surface area contributed by atoms with E-state index in [0.29, 0.717) is 36.0 Å². The highest BCUT2D eigenvalue weighted by Crippen LogP contribution is 2.69. The van der Waals surface area contributed by atoms with Crippen molar-refractivity contribution in [1.29, 1.82) is 0 Å². The summed E-state index contributed by atoms with van der Waals surface area (Å²) < 4.78 is 35.1. The van der Waals surface area contributed by atoms with Gasteiger partial charge < -0.3 is 14.9 Å². The number of halogens is 2. The minimum absolute atomic E-state index is 0.00715. The van der Waals surface area contributed by atoms with E-state index in [-0.39, 0.29) is 32.3 Å². The van der Waals surface area contributed by atoms with Crippen LogP contribution in [0.5, 0.6) is 0 Å². The maximum atomic E-state index is 17.1. The minimum Gasteiger partial charge on any atom is -0.495 e. The molecule has 0 bridgehead atoms. The largest absolute Gasteiger partial charge is 0.495 e. The molecule has 2 fully saturated rings. The number of fused-ring (bicyclic) bond motifs is 5. The standard InChI is InChI=1S/C24H30F2O6/c1-21-5-3-15(32-8-7-25)10-17(21)14(12-27)9-18-16-4-6-23(31,20(30)13-28)22(16,2)11-19(29)24(18,21)26/h10,12,16,18,28,31H,3-9,11,13H2,1-2H3/t16-,18-,21-,22-,23-,24-/m0/s1. The Morgan fingerprint density at radius 1 is 1.31 bits per heavy atom. The zero-order chi connectivity index (χ0) is 23.5. The number of Topliss-reactive ketones (excluding diaryl/α,β-unsaturated/α-hetero) is 2. The number of allylic oxidation sites excluding steroid dienone is 4. The number of aldehydes is 1. The number of alkyl halides is 2. The number of hydrogen-bond acceptors (Lipinski definition) is 6. The number of ether oxygens (including phenoxy) is 1. The van der Waals surface area contributed by atoms with Crippen molar-refractivity contribution in [2.45, 2.75) is 63.6 Å². The van der Waals surface area contributed by atoms with Crippen LogP contribution in [0.4, 0.5) is 8.78 Å². The first-order valence-corrected chi connectivity index (χ1v) is 11.2. The molecule has 2 N–H and O–H groups in total. The third kappa shape index (κ3) is 2.71. The molecule has 8 heteroatoms. The Hall–Kier alpha value is -1.93. The van der Waals surface area contributed by atoms with E-state index in [0.717, 1.165) is 0 Å². The van der Waals surface area contributed by atoms with Crippen molar-refractivity contribution in [3.63, 3.8) is 0 Å². The lowest BCUT2D eigenvalue weighted by Crippen LogP contribution is -2.68. The highest BCUT2D eigenvalue weighted by atomic mass is 19.1. The Morgan fingerprint density at radius 3 is 2.66 bits per heavy atom. The van der Waals surface area contributed by atoms with E-state index in [1.165, 1.54) is 0 Å². The van der Waals surface area contributed by atoms with Crippen LogP contribution in [0, 0.1) is 22.7 Å². The second-order valence-electron chi connectivity index (χ2n) is 10.2. The molecule has 0 saturated heterocycles. The summed E-state index contributed by atoms with van der Waals surface area (Å²) in [5, 5.41) is 20.6. The average Bonchev–Trinajstić information content (AvgIpc) is 3.04. The fourth-order valence-corrected chi connectivity index (χ4v) is 7.20. The molecule has 0 radical (unpaired) electrons. The van der Waals surface area contributed by atoms with Gasteiger partial charge in [0.05, 0.1) is 5.76 Å². The van der Waals surface area contributed by atoms with Gasteiger partial charge >= 0.3 is 0 Å². The number of aliphatic hydroxyl groups excluding tert-OH is 1. The van der Waals surface area contributed by atoms with Crippen molar-refractivity contribution in [3.05, 3.63) is 23.0 Å². The van der Waals surface area contributed by atoms with Crippen LogP contribution in [0.1, 0.15) is 52.4 Å². The fourth-order valence-electron chi connectivity index (χ4n) is 7.20. The lowest BCUT2D eigenvalue weighted by molar-refractivity contribution is -0.186. The summed E-state index contributed by atoms with van der Waals surface area (Å²) in [7, 11) is 0. The summed E-state index contributed by atoms with van der Waals surface area (Å²) in [5.74, 6) is -2.35. The smallest absolute Gasteiger partial charge is 0.190 e. The first-order valence-electron chi connectivity index (χ1n) is 11.2. The van der Waals surface area contributed by atoms with Gasteiger partial charge in [-0.3, -0.25) is 14.4 Å². The van der Waals surface area contributed by atoms with Gasteiger partial charge in [0.1, 0.15) is 31.8 Å². The monoisotopic (exact) mass is 452 g/mol. The molecule has 32 heavy (non-hydrogen) atoms. The molecule has 0 aromatic carbocycles. The molecule has 0 aromatic heterocycles. The molecule has 0 aliphatic heterocycles. The van der Waals surface area contributed by atoms with Crippen LogP contribution in [0.2, 0.25) is 0 Å². The molecule has 6 atom stereocenters. The molecule has 6 nitrogen and oxygen atoms in total. The normalized spacial score (nSPS) is 43.2. The van der Waals surface area contributed by atoms with Gasteiger partial charge in [-0.05, 0) is 48.8 Å². The Balaban J connectivity index is 1.83. The van der Waals surface area contributed by atoms with Crippen LogP contribution < -0.4 is 0 Å². The maximum absolute atomic E-state index is 17.1. The molecule has 4 aliphatic rings. The van der Waals surface area contributed by atoms with E-state index < -0.39 is 58.8 Å². The second kappa shape index (κ2) is 7.55. The van der Waals surface area contributed by atoms with Crippen molar-refractivity contribution in [3.8, 4) is 0 Å². The van der Waals surface area contributed by atoms with Gasteiger partial charge in [-0.25, -0.2) is 8.78 Å². The van der Waals surface area contributed by atoms with Crippen molar-refractivity contribution in [1.82, 2.24) is 0 Å². The van der Waals surface area contributed by atoms with E-state index in [4.69, 9.17) is 4.74 Å². The quantitative estimate of drug-likeness (QED) is 0.601. The van der Waals surface area contributed by atoms with Crippen LogP contribution in [0.15, 0.2) is 23.0 Å². The number of carbonyl (C=O) groups excluding carboxylic acids is 3. The second-order valence-corrected chi connectivity index (χ2v) is 10.2. The minimum atomic E-state index is -2.27. The van der Waals surface area contributed by atoms with E-state index >= 15 is 4.39 Å². The zero-order valence-corrected chi connectivity index (χ0v) is 18.5. The SMILES string of the molecule is C[C@]12CCC(OCCF)=CC1=C(C=O)C[C@H]1[C@@H]3CC[C@](O)(C(=O)CO)[C@@]3(C)CC(=O)[C@@]12F. The molecule has 4 aliphatic carbocycles. The van der Waals surface area contributed by atoms with E-state index in [2.05, 4.69) is 0 Å². The van der Waals surface area contributed by atoms with Gasteiger partial charge in [-0.15, -0.1) is 0 Å². The first-order chi connectivity index (χ1) is 15.0. The van der Waals surface area contributed by atoms with Crippen molar-refractivity contribution >= 4 is 17.9 Å². The van der Waals surface area contributed by atoms with Crippen LogP contribution in [0.3, 0.4) is 0 Å². The number of hydrogen-bond donors (Lipinski definition) is 2. The van der Waals surface area contributed by atoms with Crippen LogP contribution >= 0.6 is 0 Å². The van der Waals surface area contributed by atoms with E-state index in [1.54, 1.807) is 19.9 Å². The Kier molecular flexibility index (Phi) is 5.48. The first kappa shape index (κ1) is 23.2. The highest BCUT2D eigenvalue weighted by Gasteiger charge is 2.74. The van der Waals surface area contributed by atoms with Crippen molar-refractivity contribution < 1.29 is 38.1 Å². The molecule has 0 spiro atoms. The topological polar surface area (TPSA) is 101 Å². The lowest BCUT2D eigenvalue weighted by Gasteiger charge is -2.60. The predicted octanol–water partition coefficient (Wildman–Crippen LogP) is 2.56. The highest BCUT2D eigenvalue weighted by molar-refractivity contribution is 5.96. The maximum Gasteiger partial charge on any atom is 0.190 e. The van der Waals surface area contributed by atoms with Gasteiger partial charge in [0.25, 0.3) is 0 Å². The van der Waals surface area contributed by atoms with Gasteiger partial charge in [-0.1, -0.05) is 13.8 Å². The third-order valence-corrected chi connectivity index (χ3v) is 8.98. The van der Waals surface area contributed by atoms with Gasteiger partial charge in [-0.2, -0.15) is 0 Å². The molecule has 0 unspecified atom stereocenters. The molecule has 0 heterocycles. The summed E-state index contributed by atoms with van der Waals surface area (Å²) in [6.45, 7) is 1.62. The number of rotatable bonds is 6. The summed E-state index contributed by atoms with van der Waals surface area (Å²) in [6.07, 6.45) is 2.85. The fraction of sp³-hybridized carbons (Fsp3) is 0.708. The van der Waals surface area contributed by atoms with Crippen LogP contribution in [-0.2, 0) is 19.1 Å². The molecule has 0 aromatic rings. The number of aliphatic hydroxyl groups is 2. The Morgan fingerprint density at radius 2 is 2.03 bits per heavy atom. The average molecular weight is 452 g/mol. The Labute approximate surface area is 185 Å². The van der Waals surface area contributed by atoms with Crippen LogP contribution in [0.25, 0.3) is 0 Å². The van der Waals surface area contributed by atoms with E-state index in [9.17, 15) is 29.0 Å². The number of carbonyl (C=O) groups is 3. The molecular weight excluding hydrogens is 422 g/mol. The number of ketones is 2. The molecular formula is C24H30F2O6. The molecule has 176 valence electrons. The van der Waals surface area contributed by atoms with Gasteiger partial charge in [0.2, 0.25) is 0 Å². The van der Waals surface area contributed by atoms with E-state index in [1.807, 2.05) is 0 Å². The Bertz CT molecular complexity index is 927. The zero-order valence-electron chi connectivity index (χ0n) is 18.5. The summed E-state index contributed by atoms with van der Waals surface area (Å²) in [5.41, 5.74) is -5.87. The third-order valence-electron chi connectivity index (χ3n) is 8.98. The molecule has 4 rings (SSSR count). The summed E-state index contributed by atoms with van der Waals surface area (Å²) in [6, 6.07) is 0. The van der Waals surface area contributed by atoms with Crippen LogP contribution in [-0.4, -0.2) is 59.2 Å². The lowest BCUT2D eigenvalue weighted by atomic mass is 9.44. The molecule has 0 amide bonds. The summed E-state index contributed by atoms with van der Waals surface area (Å²) >= 11 is 0.